The Morgan fingerprint density at radius 1 is 1.43 bits per heavy atom. The number of aromatic carboxylic acids is 1. The summed E-state index contributed by atoms with van der Waals surface area (Å²) in [5.41, 5.74) is 0.634. The number of thiophene rings is 1. The van der Waals surface area contributed by atoms with Gasteiger partial charge >= 0.3 is 5.97 Å². The summed E-state index contributed by atoms with van der Waals surface area (Å²) in [6.45, 7) is 4.66. The first kappa shape index (κ1) is 14.5. The first-order valence-corrected chi connectivity index (χ1v) is 8.03. The molecule has 0 amide bonds. The number of halogens is 1. The van der Waals surface area contributed by atoms with Gasteiger partial charge in [-0.2, -0.15) is 0 Å². The van der Waals surface area contributed by atoms with Crippen molar-refractivity contribution in [2.45, 2.75) is 26.3 Å². The molecule has 0 saturated carbocycles. The molecule has 1 aromatic heterocycles. The largest absolute Gasteiger partial charge is 0.477 e. The number of carbonyl (C=O) groups is 1. The van der Waals surface area contributed by atoms with Crippen LogP contribution in [0.15, 0.2) is 18.2 Å². The number of likely N-dealkylation sites (tertiary alicyclic amines) is 1. The molecule has 0 aliphatic carbocycles. The van der Waals surface area contributed by atoms with Crippen LogP contribution in [0.2, 0.25) is 0 Å². The number of hydrogen-bond donors (Lipinski definition) is 1. The zero-order chi connectivity index (χ0) is 15.0. The van der Waals surface area contributed by atoms with E-state index in [0.717, 1.165) is 31.8 Å². The highest BCUT2D eigenvalue weighted by Crippen LogP contribution is 2.34. The topological polar surface area (TPSA) is 40.5 Å². The van der Waals surface area contributed by atoms with Gasteiger partial charge in [-0.3, -0.25) is 4.90 Å². The number of hydrogen-bond acceptors (Lipinski definition) is 3. The molecule has 0 spiro atoms. The third kappa shape index (κ3) is 2.80. The summed E-state index contributed by atoms with van der Waals surface area (Å²) < 4.78 is 14.9. The lowest BCUT2D eigenvalue weighted by atomic mass is 9.98. The Morgan fingerprint density at radius 3 is 2.81 bits per heavy atom. The Hall–Kier alpha value is -1.46. The van der Waals surface area contributed by atoms with E-state index in [0.29, 0.717) is 22.2 Å². The summed E-state index contributed by atoms with van der Waals surface area (Å²) in [6.07, 6.45) is 2.24. The molecule has 0 atom stereocenters. The fourth-order valence-electron chi connectivity index (χ4n) is 2.93. The minimum Gasteiger partial charge on any atom is -0.477 e. The number of fused-ring (bicyclic) bond motifs is 1. The lowest BCUT2D eigenvalue weighted by Gasteiger charge is -2.30. The average Bonchev–Trinajstić information content (AvgIpc) is 2.82. The monoisotopic (exact) mass is 307 g/mol. The van der Waals surface area contributed by atoms with E-state index >= 15 is 0 Å². The Morgan fingerprint density at radius 2 is 2.14 bits per heavy atom. The van der Waals surface area contributed by atoms with Crippen LogP contribution in [0.1, 0.15) is 35.0 Å². The number of carboxylic acids is 1. The molecule has 3 nitrogen and oxygen atoms in total. The van der Waals surface area contributed by atoms with Gasteiger partial charge in [-0.15, -0.1) is 11.3 Å². The SMILES string of the molecule is CC1CCN(Cc2c(C(=O)O)sc3cccc(F)c23)CC1. The maximum absolute atomic E-state index is 14.1. The van der Waals surface area contributed by atoms with Crippen molar-refractivity contribution in [2.75, 3.05) is 13.1 Å². The molecule has 1 aliphatic heterocycles. The van der Waals surface area contributed by atoms with Crippen molar-refractivity contribution in [2.24, 2.45) is 5.92 Å². The molecule has 1 fully saturated rings. The Bertz CT molecular complexity index is 674. The van der Waals surface area contributed by atoms with Crippen LogP contribution < -0.4 is 0 Å². The van der Waals surface area contributed by atoms with Crippen molar-refractivity contribution in [3.05, 3.63) is 34.5 Å². The van der Waals surface area contributed by atoms with Gasteiger partial charge in [0.2, 0.25) is 0 Å². The van der Waals surface area contributed by atoms with E-state index in [2.05, 4.69) is 11.8 Å². The van der Waals surface area contributed by atoms with Gasteiger partial charge in [0.15, 0.2) is 0 Å². The molecule has 1 aromatic carbocycles. The van der Waals surface area contributed by atoms with E-state index in [1.54, 1.807) is 12.1 Å². The quantitative estimate of drug-likeness (QED) is 0.932. The minimum absolute atomic E-state index is 0.272. The molecular formula is C16H18FNO2S. The number of nitrogens with zero attached hydrogens (tertiary/aromatic N) is 1. The fraction of sp³-hybridized carbons (Fsp3) is 0.438. The van der Waals surface area contributed by atoms with Crippen molar-refractivity contribution in [3.63, 3.8) is 0 Å². The van der Waals surface area contributed by atoms with Crippen LogP contribution in [0.5, 0.6) is 0 Å². The summed E-state index contributed by atoms with van der Waals surface area (Å²) in [4.78, 5) is 14.0. The van der Waals surface area contributed by atoms with E-state index in [-0.39, 0.29) is 10.7 Å². The highest BCUT2D eigenvalue weighted by Gasteiger charge is 2.23. The zero-order valence-corrected chi connectivity index (χ0v) is 12.8. The molecule has 2 heterocycles. The molecule has 1 aliphatic rings. The van der Waals surface area contributed by atoms with Crippen LogP contribution in [0.25, 0.3) is 10.1 Å². The van der Waals surface area contributed by atoms with E-state index in [4.69, 9.17) is 0 Å². The second kappa shape index (κ2) is 5.73. The van der Waals surface area contributed by atoms with E-state index in [1.807, 2.05) is 0 Å². The fourth-order valence-corrected chi connectivity index (χ4v) is 4.00. The number of carboxylic acid groups (broad SMARTS) is 1. The molecule has 0 bridgehead atoms. The van der Waals surface area contributed by atoms with Gasteiger partial charge in [0.25, 0.3) is 0 Å². The zero-order valence-electron chi connectivity index (χ0n) is 11.9. The molecule has 0 radical (unpaired) electrons. The predicted octanol–water partition coefficient (Wildman–Crippen LogP) is 3.97. The first-order valence-electron chi connectivity index (χ1n) is 7.22. The van der Waals surface area contributed by atoms with Crippen LogP contribution in [0.3, 0.4) is 0 Å². The summed E-state index contributed by atoms with van der Waals surface area (Å²) in [5.74, 6) is -0.566. The normalized spacial score (nSPS) is 17.4. The lowest BCUT2D eigenvalue weighted by molar-refractivity contribution is 0.0699. The third-order valence-corrected chi connectivity index (χ3v) is 5.40. The molecule has 5 heteroatoms. The van der Waals surface area contributed by atoms with Crippen LogP contribution >= 0.6 is 11.3 Å². The van der Waals surface area contributed by atoms with Crippen LogP contribution in [-0.2, 0) is 6.54 Å². The molecule has 0 unspecified atom stereocenters. The van der Waals surface area contributed by atoms with Crippen LogP contribution in [0, 0.1) is 11.7 Å². The highest BCUT2D eigenvalue weighted by molar-refractivity contribution is 7.21. The molecule has 112 valence electrons. The Labute approximate surface area is 127 Å². The standard InChI is InChI=1S/C16H18FNO2S/c1-10-5-7-18(8-6-10)9-11-14-12(17)3-2-4-13(14)21-15(11)16(19)20/h2-4,10H,5-9H2,1H3,(H,19,20). The van der Waals surface area contributed by atoms with Crippen LogP contribution in [-0.4, -0.2) is 29.1 Å². The van der Waals surface area contributed by atoms with Gasteiger partial charge in [-0.1, -0.05) is 13.0 Å². The van der Waals surface area contributed by atoms with Crippen molar-refractivity contribution in [1.82, 2.24) is 4.90 Å². The number of piperidine rings is 1. The molecule has 21 heavy (non-hydrogen) atoms. The molecular weight excluding hydrogens is 289 g/mol. The highest BCUT2D eigenvalue weighted by atomic mass is 32.1. The Kier molecular flexibility index (Phi) is 3.95. The smallest absolute Gasteiger partial charge is 0.346 e. The van der Waals surface area contributed by atoms with Gasteiger partial charge < -0.3 is 5.11 Å². The van der Waals surface area contributed by atoms with Crippen molar-refractivity contribution in [3.8, 4) is 0 Å². The van der Waals surface area contributed by atoms with Gasteiger partial charge in [0.05, 0.1) is 0 Å². The van der Waals surface area contributed by atoms with Crippen molar-refractivity contribution >= 4 is 27.4 Å². The molecule has 1 saturated heterocycles. The lowest BCUT2D eigenvalue weighted by Crippen LogP contribution is -2.32. The van der Waals surface area contributed by atoms with Gasteiger partial charge in [-0.25, -0.2) is 9.18 Å². The molecule has 2 aromatic rings. The molecule has 3 rings (SSSR count). The second-order valence-electron chi connectivity index (χ2n) is 5.79. The average molecular weight is 307 g/mol. The maximum atomic E-state index is 14.1. The maximum Gasteiger partial charge on any atom is 0.346 e. The first-order chi connectivity index (χ1) is 10.1. The van der Waals surface area contributed by atoms with Crippen molar-refractivity contribution < 1.29 is 14.3 Å². The van der Waals surface area contributed by atoms with Gasteiger partial charge in [-0.05, 0) is 44.0 Å². The summed E-state index contributed by atoms with van der Waals surface area (Å²) >= 11 is 1.17. The number of benzene rings is 1. The van der Waals surface area contributed by atoms with Gasteiger partial charge in [0.1, 0.15) is 10.7 Å². The summed E-state index contributed by atoms with van der Waals surface area (Å²) in [6, 6.07) is 4.83. The minimum atomic E-state index is -0.962. The number of rotatable bonds is 3. The summed E-state index contributed by atoms with van der Waals surface area (Å²) in [5, 5.41) is 9.88. The van der Waals surface area contributed by atoms with E-state index in [9.17, 15) is 14.3 Å². The van der Waals surface area contributed by atoms with Crippen molar-refractivity contribution in [1.29, 1.82) is 0 Å². The van der Waals surface area contributed by atoms with E-state index in [1.165, 1.54) is 17.4 Å². The third-order valence-electron chi connectivity index (χ3n) is 4.22. The van der Waals surface area contributed by atoms with Crippen LogP contribution in [0.4, 0.5) is 4.39 Å². The van der Waals surface area contributed by atoms with Gasteiger partial charge in [0, 0.05) is 22.2 Å². The second-order valence-corrected chi connectivity index (χ2v) is 6.84. The predicted molar refractivity (Wildman–Crippen MR) is 82.4 cm³/mol. The summed E-state index contributed by atoms with van der Waals surface area (Å²) in [7, 11) is 0. The van der Waals surface area contributed by atoms with E-state index < -0.39 is 5.97 Å². The Balaban J connectivity index is 1.99. The molecule has 1 N–H and O–H groups in total.